The summed E-state index contributed by atoms with van der Waals surface area (Å²) in [4.78, 5) is 8.29. The molecule has 0 spiro atoms. The van der Waals surface area contributed by atoms with E-state index >= 15 is 0 Å². The molecular formula is C16H21N3O2. The van der Waals surface area contributed by atoms with Crippen molar-refractivity contribution in [2.75, 3.05) is 19.0 Å². The summed E-state index contributed by atoms with van der Waals surface area (Å²) in [5.41, 5.74) is 1.16. The normalized spacial score (nSPS) is 10.2. The van der Waals surface area contributed by atoms with Crippen LogP contribution in [0.4, 0.5) is 5.82 Å². The zero-order valence-electron chi connectivity index (χ0n) is 12.5. The zero-order valence-corrected chi connectivity index (χ0v) is 12.5. The fourth-order valence-corrected chi connectivity index (χ4v) is 1.77. The third-order valence-electron chi connectivity index (χ3n) is 3.02. The molecule has 0 fully saturated rings. The minimum absolute atomic E-state index is 0.607. The Bertz CT molecular complexity index is 543. The van der Waals surface area contributed by atoms with Crippen LogP contribution in [-0.4, -0.2) is 23.7 Å². The van der Waals surface area contributed by atoms with E-state index in [1.165, 1.54) is 6.33 Å². The zero-order chi connectivity index (χ0) is 14.9. The summed E-state index contributed by atoms with van der Waals surface area (Å²) in [6.45, 7) is 3.51. The number of unbranched alkanes of at least 4 members (excludes halogenated alkanes) is 1. The minimum Gasteiger partial charge on any atom is -0.497 e. The molecule has 0 radical (unpaired) electrons. The molecule has 1 aromatic carbocycles. The van der Waals surface area contributed by atoms with Gasteiger partial charge in [0.2, 0.25) is 5.88 Å². The van der Waals surface area contributed by atoms with Gasteiger partial charge in [0.15, 0.2) is 0 Å². The lowest BCUT2D eigenvalue weighted by Crippen LogP contribution is -2.04. The van der Waals surface area contributed by atoms with Gasteiger partial charge in [0.25, 0.3) is 0 Å². The molecule has 0 aliphatic carbocycles. The quantitative estimate of drug-likeness (QED) is 0.755. The number of aromatic nitrogens is 2. The van der Waals surface area contributed by atoms with Crippen molar-refractivity contribution in [1.82, 2.24) is 9.97 Å². The van der Waals surface area contributed by atoms with Crippen LogP contribution in [0.25, 0.3) is 0 Å². The maximum absolute atomic E-state index is 5.56. The molecule has 21 heavy (non-hydrogen) atoms. The molecule has 0 atom stereocenters. The van der Waals surface area contributed by atoms with Gasteiger partial charge in [-0.25, -0.2) is 9.97 Å². The molecule has 0 amide bonds. The van der Waals surface area contributed by atoms with Crippen LogP contribution in [0.15, 0.2) is 36.7 Å². The van der Waals surface area contributed by atoms with Crippen LogP contribution in [0.2, 0.25) is 0 Å². The van der Waals surface area contributed by atoms with E-state index in [4.69, 9.17) is 9.47 Å². The Hall–Kier alpha value is -2.30. The van der Waals surface area contributed by atoms with Gasteiger partial charge in [-0.15, -0.1) is 0 Å². The number of nitrogens with zero attached hydrogens (tertiary/aromatic N) is 2. The number of ether oxygens (including phenoxy) is 2. The van der Waals surface area contributed by atoms with Crippen molar-refractivity contribution in [3.05, 3.63) is 42.2 Å². The van der Waals surface area contributed by atoms with Gasteiger partial charge in [0.1, 0.15) is 17.9 Å². The Balaban J connectivity index is 1.88. The van der Waals surface area contributed by atoms with Crippen LogP contribution in [-0.2, 0) is 6.54 Å². The number of anilines is 1. The molecule has 1 aromatic heterocycles. The van der Waals surface area contributed by atoms with Crippen molar-refractivity contribution in [3.8, 4) is 11.6 Å². The van der Waals surface area contributed by atoms with Gasteiger partial charge >= 0.3 is 0 Å². The largest absolute Gasteiger partial charge is 0.497 e. The first kappa shape index (κ1) is 15.1. The molecule has 1 heterocycles. The van der Waals surface area contributed by atoms with Gasteiger partial charge in [-0.2, -0.15) is 0 Å². The molecule has 112 valence electrons. The Morgan fingerprint density at radius 2 is 1.95 bits per heavy atom. The lowest BCUT2D eigenvalue weighted by Gasteiger charge is -2.08. The topological polar surface area (TPSA) is 56.3 Å². The summed E-state index contributed by atoms with van der Waals surface area (Å²) in [7, 11) is 1.66. The number of benzene rings is 1. The Labute approximate surface area is 125 Å². The van der Waals surface area contributed by atoms with Crippen LogP contribution >= 0.6 is 0 Å². The summed E-state index contributed by atoms with van der Waals surface area (Å²) in [5, 5.41) is 3.26. The first-order valence-corrected chi connectivity index (χ1v) is 7.13. The van der Waals surface area contributed by atoms with E-state index in [0.29, 0.717) is 19.0 Å². The molecule has 0 bridgehead atoms. The van der Waals surface area contributed by atoms with E-state index < -0.39 is 0 Å². The highest BCUT2D eigenvalue weighted by Gasteiger charge is 2.00. The lowest BCUT2D eigenvalue weighted by molar-refractivity contribution is 0.297. The fraction of sp³-hybridized carbons (Fsp3) is 0.375. The van der Waals surface area contributed by atoms with E-state index in [-0.39, 0.29) is 0 Å². The second-order valence-electron chi connectivity index (χ2n) is 4.65. The van der Waals surface area contributed by atoms with Crippen molar-refractivity contribution in [1.29, 1.82) is 0 Å². The second kappa shape index (κ2) is 8.09. The average Bonchev–Trinajstić information content (AvgIpc) is 2.54. The molecule has 0 saturated heterocycles. The fourth-order valence-electron chi connectivity index (χ4n) is 1.77. The summed E-state index contributed by atoms with van der Waals surface area (Å²) < 4.78 is 10.7. The first-order valence-electron chi connectivity index (χ1n) is 7.13. The van der Waals surface area contributed by atoms with Crippen LogP contribution in [0, 0.1) is 0 Å². The van der Waals surface area contributed by atoms with Crippen molar-refractivity contribution in [2.24, 2.45) is 0 Å². The lowest BCUT2D eigenvalue weighted by atomic mass is 10.2. The molecule has 2 rings (SSSR count). The van der Waals surface area contributed by atoms with Gasteiger partial charge in [0, 0.05) is 12.6 Å². The van der Waals surface area contributed by atoms with Crippen LogP contribution in [0.5, 0.6) is 11.6 Å². The second-order valence-corrected chi connectivity index (χ2v) is 4.65. The Kier molecular flexibility index (Phi) is 5.82. The minimum atomic E-state index is 0.607. The predicted octanol–water partition coefficient (Wildman–Crippen LogP) is 3.28. The van der Waals surface area contributed by atoms with E-state index in [1.807, 2.05) is 30.3 Å². The van der Waals surface area contributed by atoms with Gasteiger partial charge in [-0.3, -0.25) is 0 Å². The highest BCUT2D eigenvalue weighted by atomic mass is 16.5. The van der Waals surface area contributed by atoms with Crippen LogP contribution in [0.1, 0.15) is 25.3 Å². The number of nitrogens with one attached hydrogen (secondary N) is 1. The Morgan fingerprint density at radius 1 is 1.14 bits per heavy atom. The molecular weight excluding hydrogens is 266 g/mol. The maximum atomic E-state index is 5.56. The van der Waals surface area contributed by atoms with Crippen molar-refractivity contribution < 1.29 is 9.47 Å². The molecule has 0 aliphatic rings. The van der Waals surface area contributed by atoms with Crippen molar-refractivity contribution >= 4 is 5.82 Å². The van der Waals surface area contributed by atoms with Gasteiger partial charge in [-0.1, -0.05) is 25.5 Å². The maximum Gasteiger partial charge on any atom is 0.218 e. The highest BCUT2D eigenvalue weighted by molar-refractivity contribution is 5.38. The molecule has 0 saturated carbocycles. The molecule has 0 aliphatic heterocycles. The summed E-state index contributed by atoms with van der Waals surface area (Å²) in [6, 6.07) is 9.74. The monoisotopic (exact) mass is 287 g/mol. The summed E-state index contributed by atoms with van der Waals surface area (Å²) in [5.74, 6) is 2.22. The SMILES string of the molecule is CCCCOc1cc(NCc2ccc(OC)cc2)ncn1. The van der Waals surface area contributed by atoms with Gasteiger partial charge in [-0.05, 0) is 24.1 Å². The molecule has 1 N–H and O–H groups in total. The first-order chi connectivity index (χ1) is 10.3. The van der Waals surface area contributed by atoms with E-state index in [9.17, 15) is 0 Å². The third kappa shape index (κ3) is 4.95. The summed E-state index contributed by atoms with van der Waals surface area (Å²) in [6.07, 6.45) is 3.64. The number of rotatable bonds is 8. The van der Waals surface area contributed by atoms with Crippen LogP contribution in [0.3, 0.4) is 0 Å². The molecule has 2 aromatic rings. The molecule has 5 nitrogen and oxygen atoms in total. The van der Waals surface area contributed by atoms with Gasteiger partial charge in [0.05, 0.1) is 13.7 Å². The number of methoxy groups -OCH3 is 1. The highest BCUT2D eigenvalue weighted by Crippen LogP contribution is 2.15. The Morgan fingerprint density at radius 3 is 2.67 bits per heavy atom. The van der Waals surface area contributed by atoms with E-state index in [2.05, 4.69) is 22.2 Å². The molecule has 5 heteroatoms. The van der Waals surface area contributed by atoms with Crippen molar-refractivity contribution in [2.45, 2.75) is 26.3 Å². The van der Waals surface area contributed by atoms with Gasteiger partial charge < -0.3 is 14.8 Å². The average molecular weight is 287 g/mol. The number of hydrogen-bond acceptors (Lipinski definition) is 5. The van der Waals surface area contributed by atoms with Crippen molar-refractivity contribution in [3.63, 3.8) is 0 Å². The summed E-state index contributed by atoms with van der Waals surface area (Å²) >= 11 is 0. The standard InChI is InChI=1S/C16H21N3O2/c1-3-4-9-21-16-10-15(18-12-19-16)17-11-13-5-7-14(20-2)8-6-13/h5-8,10,12H,3-4,9,11H2,1-2H3,(H,17,18,19). The molecule has 0 unspecified atom stereocenters. The van der Waals surface area contributed by atoms with Crippen LogP contribution < -0.4 is 14.8 Å². The number of hydrogen-bond donors (Lipinski definition) is 1. The third-order valence-corrected chi connectivity index (χ3v) is 3.02. The van der Waals surface area contributed by atoms with E-state index in [0.717, 1.165) is 30.0 Å². The van der Waals surface area contributed by atoms with E-state index in [1.54, 1.807) is 7.11 Å². The smallest absolute Gasteiger partial charge is 0.218 e. The predicted molar refractivity (Wildman–Crippen MR) is 82.8 cm³/mol.